The number of non-ortho nitro benzene ring substituents is 1. The average Bonchev–Trinajstić information content (AvgIpc) is 3.08. The van der Waals surface area contributed by atoms with E-state index in [0.717, 1.165) is 11.4 Å². The monoisotopic (exact) mass is 334 g/mol. The minimum absolute atomic E-state index is 0.0204. The van der Waals surface area contributed by atoms with E-state index < -0.39 is 4.92 Å². The van der Waals surface area contributed by atoms with Gasteiger partial charge in [0.25, 0.3) is 5.69 Å². The number of aromatic nitrogens is 1. The van der Waals surface area contributed by atoms with Crippen LogP contribution in [0.4, 0.5) is 5.69 Å². The zero-order chi connectivity index (χ0) is 17.8. The van der Waals surface area contributed by atoms with Crippen LogP contribution in [-0.4, -0.2) is 20.4 Å². The number of carbonyl (C=O) groups is 1. The van der Waals surface area contributed by atoms with Gasteiger partial charge in [-0.25, -0.2) is 0 Å². The molecule has 0 saturated heterocycles. The lowest BCUT2D eigenvalue weighted by Crippen LogP contribution is -1.97. The Kier molecular flexibility index (Phi) is 4.43. The van der Waals surface area contributed by atoms with Crippen molar-refractivity contribution in [1.82, 2.24) is 4.57 Å². The number of phenols is 1. The van der Waals surface area contributed by atoms with Crippen LogP contribution in [-0.2, 0) is 0 Å². The molecule has 25 heavy (non-hydrogen) atoms. The molecule has 0 radical (unpaired) electrons. The predicted octanol–water partition coefficient (Wildman–Crippen LogP) is 3.99. The lowest BCUT2D eigenvalue weighted by Gasteiger charge is -2.06. The fourth-order valence-corrected chi connectivity index (χ4v) is 2.42. The topological polar surface area (TPSA) is 85.4 Å². The van der Waals surface area contributed by atoms with Crippen molar-refractivity contribution in [2.75, 3.05) is 0 Å². The highest BCUT2D eigenvalue weighted by Gasteiger charge is 2.07. The van der Waals surface area contributed by atoms with Crippen molar-refractivity contribution >= 4 is 17.5 Å². The summed E-state index contributed by atoms with van der Waals surface area (Å²) >= 11 is 0. The smallest absolute Gasteiger partial charge is 0.269 e. The summed E-state index contributed by atoms with van der Waals surface area (Å²) in [5.41, 5.74) is 1.92. The summed E-state index contributed by atoms with van der Waals surface area (Å²) in [6.45, 7) is 0. The van der Waals surface area contributed by atoms with E-state index >= 15 is 0 Å². The number of phenolic OH excluding ortho intramolecular Hbond substituents is 1. The lowest BCUT2D eigenvalue weighted by atomic mass is 10.1. The van der Waals surface area contributed by atoms with E-state index in [4.69, 9.17) is 0 Å². The first-order valence-corrected chi connectivity index (χ1v) is 7.48. The SMILES string of the molecule is O=C(/C=C/c1cccn1-c1ccc([N+](=O)[O-])cc1)c1cccc(O)c1. The molecular weight excluding hydrogens is 320 g/mol. The van der Waals surface area contributed by atoms with Crippen molar-refractivity contribution in [2.45, 2.75) is 0 Å². The van der Waals surface area contributed by atoms with E-state index in [1.54, 1.807) is 36.5 Å². The van der Waals surface area contributed by atoms with Gasteiger partial charge in [-0.15, -0.1) is 0 Å². The van der Waals surface area contributed by atoms with Crippen LogP contribution in [0, 0.1) is 10.1 Å². The first kappa shape index (κ1) is 16.2. The third-order valence-electron chi connectivity index (χ3n) is 3.66. The highest BCUT2D eigenvalue weighted by Crippen LogP contribution is 2.19. The number of nitrogens with zero attached hydrogens (tertiary/aromatic N) is 2. The molecule has 3 aromatic rings. The Morgan fingerprint density at radius 2 is 1.84 bits per heavy atom. The number of aromatic hydroxyl groups is 1. The largest absolute Gasteiger partial charge is 0.508 e. The summed E-state index contributed by atoms with van der Waals surface area (Å²) < 4.78 is 1.82. The van der Waals surface area contributed by atoms with Crippen LogP contribution in [0.25, 0.3) is 11.8 Å². The van der Waals surface area contributed by atoms with Crippen LogP contribution in [0.2, 0.25) is 0 Å². The minimum atomic E-state index is -0.450. The highest BCUT2D eigenvalue weighted by atomic mass is 16.6. The van der Waals surface area contributed by atoms with E-state index in [0.29, 0.717) is 5.56 Å². The van der Waals surface area contributed by atoms with Gasteiger partial charge in [0.15, 0.2) is 5.78 Å². The number of rotatable bonds is 5. The van der Waals surface area contributed by atoms with E-state index in [1.165, 1.54) is 30.3 Å². The molecule has 0 aliphatic heterocycles. The van der Waals surface area contributed by atoms with E-state index in [1.807, 2.05) is 16.7 Å². The maximum absolute atomic E-state index is 12.2. The third-order valence-corrected chi connectivity index (χ3v) is 3.66. The first-order chi connectivity index (χ1) is 12.0. The molecule has 0 spiro atoms. The van der Waals surface area contributed by atoms with Crippen LogP contribution >= 0.6 is 0 Å². The Morgan fingerprint density at radius 3 is 2.52 bits per heavy atom. The minimum Gasteiger partial charge on any atom is -0.508 e. The molecule has 0 unspecified atom stereocenters. The van der Waals surface area contributed by atoms with Gasteiger partial charge >= 0.3 is 0 Å². The highest BCUT2D eigenvalue weighted by molar-refractivity contribution is 6.06. The zero-order valence-corrected chi connectivity index (χ0v) is 13.1. The molecule has 1 heterocycles. The molecule has 0 atom stereocenters. The third kappa shape index (κ3) is 3.64. The van der Waals surface area contributed by atoms with Gasteiger partial charge in [0.05, 0.1) is 4.92 Å². The molecule has 0 bridgehead atoms. The fourth-order valence-electron chi connectivity index (χ4n) is 2.42. The van der Waals surface area contributed by atoms with Crippen LogP contribution < -0.4 is 0 Å². The molecule has 0 aliphatic rings. The summed E-state index contributed by atoms with van der Waals surface area (Å²) in [5.74, 6) is -0.194. The maximum atomic E-state index is 12.2. The van der Waals surface area contributed by atoms with E-state index in [2.05, 4.69) is 0 Å². The molecule has 0 amide bonds. The number of ketones is 1. The maximum Gasteiger partial charge on any atom is 0.269 e. The standard InChI is InChI=1S/C19H14N2O4/c22-18-5-1-3-14(13-18)19(23)11-10-15-4-2-12-20(15)16-6-8-17(9-7-16)21(24)25/h1-13,22H/b11-10+. The molecule has 1 N–H and O–H groups in total. The summed E-state index contributed by atoms with van der Waals surface area (Å²) in [6.07, 6.45) is 4.89. The predicted molar refractivity (Wildman–Crippen MR) is 93.9 cm³/mol. The molecule has 124 valence electrons. The summed E-state index contributed by atoms with van der Waals surface area (Å²) in [4.78, 5) is 22.5. The molecule has 2 aromatic carbocycles. The van der Waals surface area contributed by atoms with Crippen molar-refractivity contribution in [1.29, 1.82) is 0 Å². The Hall–Kier alpha value is -3.67. The Labute approximate surface area is 143 Å². The number of nitro benzene ring substituents is 1. The lowest BCUT2D eigenvalue weighted by molar-refractivity contribution is -0.384. The van der Waals surface area contributed by atoms with Gasteiger partial charge < -0.3 is 9.67 Å². The fraction of sp³-hybridized carbons (Fsp3) is 0. The average molecular weight is 334 g/mol. The quantitative estimate of drug-likeness (QED) is 0.331. The Morgan fingerprint density at radius 1 is 1.08 bits per heavy atom. The molecule has 3 rings (SSSR count). The normalized spacial score (nSPS) is 10.9. The molecule has 0 saturated carbocycles. The van der Waals surface area contributed by atoms with Crippen molar-refractivity contribution in [3.05, 3.63) is 94.3 Å². The number of hydrogen-bond acceptors (Lipinski definition) is 4. The van der Waals surface area contributed by atoms with Crippen LogP contribution in [0.1, 0.15) is 16.1 Å². The number of benzene rings is 2. The summed E-state index contributed by atoms with van der Waals surface area (Å²) in [7, 11) is 0. The van der Waals surface area contributed by atoms with Gasteiger partial charge in [-0.3, -0.25) is 14.9 Å². The number of allylic oxidation sites excluding steroid dienone is 1. The summed E-state index contributed by atoms with van der Waals surface area (Å²) in [5, 5.41) is 20.2. The first-order valence-electron chi connectivity index (χ1n) is 7.48. The van der Waals surface area contributed by atoms with Crippen LogP contribution in [0.5, 0.6) is 5.75 Å². The van der Waals surface area contributed by atoms with Crippen LogP contribution in [0.3, 0.4) is 0 Å². The molecule has 1 aromatic heterocycles. The van der Waals surface area contributed by atoms with Crippen molar-refractivity contribution in [2.24, 2.45) is 0 Å². The molecule has 0 aliphatic carbocycles. The number of carbonyl (C=O) groups excluding carboxylic acids is 1. The van der Waals surface area contributed by atoms with Gasteiger partial charge in [0, 0.05) is 35.3 Å². The van der Waals surface area contributed by atoms with E-state index in [-0.39, 0.29) is 17.2 Å². The second kappa shape index (κ2) is 6.84. The second-order valence-electron chi connectivity index (χ2n) is 5.32. The van der Waals surface area contributed by atoms with Crippen molar-refractivity contribution in [3.63, 3.8) is 0 Å². The van der Waals surface area contributed by atoms with E-state index in [9.17, 15) is 20.0 Å². The Bertz CT molecular complexity index is 956. The molecule has 6 nitrogen and oxygen atoms in total. The number of nitro groups is 1. The van der Waals surface area contributed by atoms with Crippen LogP contribution in [0.15, 0.2) is 72.9 Å². The summed E-state index contributed by atoms with van der Waals surface area (Å²) in [6, 6.07) is 15.9. The number of hydrogen-bond donors (Lipinski definition) is 1. The van der Waals surface area contributed by atoms with Crippen molar-refractivity contribution < 1.29 is 14.8 Å². The van der Waals surface area contributed by atoms with Gasteiger partial charge in [-0.05, 0) is 48.6 Å². The zero-order valence-electron chi connectivity index (χ0n) is 13.1. The van der Waals surface area contributed by atoms with Gasteiger partial charge in [0.1, 0.15) is 5.75 Å². The molecular formula is C19H14N2O4. The van der Waals surface area contributed by atoms with Gasteiger partial charge in [-0.2, -0.15) is 0 Å². The van der Waals surface area contributed by atoms with Gasteiger partial charge in [-0.1, -0.05) is 12.1 Å². The second-order valence-corrected chi connectivity index (χ2v) is 5.32. The molecule has 6 heteroatoms. The Balaban J connectivity index is 1.84. The van der Waals surface area contributed by atoms with Gasteiger partial charge in [0.2, 0.25) is 0 Å². The van der Waals surface area contributed by atoms with Crippen molar-refractivity contribution in [3.8, 4) is 11.4 Å². The molecule has 0 fully saturated rings.